The second-order valence-corrected chi connectivity index (χ2v) is 6.02. The average Bonchev–Trinajstić information content (AvgIpc) is 2.64. The summed E-state index contributed by atoms with van der Waals surface area (Å²) in [5, 5.41) is 0. The quantitative estimate of drug-likeness (QED) is 0.605. The first-order valence-electron chi connectivity index (χ1n) is 8.25. The fourth-order valence-corrected chi connectivity index (χ4v) is 2.81. The number of ether oxygens (including phenoxy) is 4. The van der Waals surface area contributed by atoms with Gasteiger partial charge in [0.05, 0.1) is 12.7 Å². The molecule has 3 rings (SSSR count). The summed E-state index contributed by atoms with van der Waals surface area (Å²) in [6, 6.07) is 8.56. The van der Waals surface area contributed by atoms with Crippen molar-refractivity contribution in [2.24, 2.45) is 0 Å². The van der Waals surface area contributed by atoms with E-state index in [0.29, 0.717) is 36.0 Å². The Labute approximate surface area is 151 Å². The highest BCUT2D eigenvalue weighted by Crippen LogP contribution is 2.40. The minimum Gasteiger partial charge on any atom is -0.493 e. The maximum absolute atomic E-state index is 12.3. The Hall–Kier alpha value is -3.02. The number of carbonyl (C=O) groups is 2. The number of carbonyl (C=O) groups excluding carboxylic acids is 2. The highest BCUT2D eigenvalue weighted by atomic mass is 16.6. The summed E-state index contributed by atoms with van der Waals surface area (Å²) >= 11 is 0. The van der Waals surface area contributed by atoms with Gasteiger partial charge >= 0.3 is 5.97 Å². The number of Topliss-reactive ketones (excluding diaryl/α,β-unsaturated/α-hetero) is 1. The zero-order valence-electron chi connectivity index (χ0n) is 15.0. The van der Waals surface area contributed by atoms with Crippen LogP contribution in [0.15, 0.2) is 30.3 Å². The second-order valence-electron chi connectivity index (χ2n) is 6.02. The van der Waals surface area contributed by atoms with Gasteiger partial charge in [0.15, 0.2) is 18.1 Å². The molecule has 26 heavy (non-hydrogen) atoms. The number of hydrogen-bond acceptors (Lipinski definition) is 6. The monoisotopic (exact) mass is 356 g/mol. The van der Waals surface area contributed by atoms with Gasteiger partial charge in [0.25, 0.3) is 0 Å². The first-order valence-corrected chi connectivity index (χ1v) is 8.25. The van der Waals surface area contributed by atoms with Gasteiger partial charge in [-0.2, -0.15) is 0 Å². The Morgan fingerprint density at radius 2 is 1.85 bits per heavy atom. The van der Waals surface area contributed by atoms with Crippen molar-refractivity contribution in [1.82, 2.24) is 0 Å². The van der Waals surface area contributed by atoms with Gasteiger partial charge < -0.3 is 18.9 Å². The molecular formula is C20H20O6. The van der Waals surface area contributed by atoms with Gasteiger partial charge in [-0.15, -0.1) is 0 Å². The topological polar surface area (TPSA) is 71.1 Å². The fourth-order valence-electron chi connectivity index (χ4n) is 2.81. The highest BCUT2D eigenvalue weighted by Gasteiger charge is 2.22. The number of ketones is 1. The Morgan fingerprint density at radius 3 is 2.58 bits per heavy atom. The lowest BCUT2D eigenvalue weighted by atomic mass is 10.0. The van der Waals surface area contributed by atoms with Crippen molar-refractivity contribution < 1.29 is 28.5 Å². The van der Waals surface area contributed by atoms with Gasteiger partial charge in [-0.05, 0) is 31.5 Å². The lowest BCUT2D eigenvalue weighted by Crippen LogP contribution is -2.18. The molecule has 0 spiro atoms. The summed E-state index contributed by atoms with van der Waals surface area (Å²) in [4.78, 5) is 24.7. The third-order valence-electron chi connectivity index (χ3n) is 4.08. The number of aryl methyl sites for hydroxylation is 2. The molecule has 6 heteroatoms. The van der Waals surface area contributed by atoms with Crippen LogP contribution in [0.1, 0.15) is 31.8 Å². The van der Waals surface area contributed by atoms with Crippen LogP contribution in [0.3, 0.4) is 0 Å². The molecule has 0 fully saturated rings. The van der Waals surface area contributed by atoms with Crippen LogP contribution >= 0.6 is 0 Å². The molecule has 0 atom stereocenters. The van der Waals surface area contributed by atoms with E-state index in [1.807, 2.05) is 26.0 Å². The molecule has 1 aliphatic heterocycles. The lowest BCUT2D eigenvalue weighted by Gasteiger charge is -2.21. The molecule has 1 heterocycles. The van der Waals surface area contributed by atoms with Gasteiger partial charge in [-0.1, -0.05) is 23.8 Å². The van der Waals surface area contributed by atoms with Gasteiger partial charge in [-0.3, -0.25) is 4.79 Å². The van der Waals surface area contributed by atoms with Crippen molar-refractivity contribution in [3.63, 3.8) is 0 Å². The predicted octanol–water partition coefficient (Wildman–Crippen LogP) is 3.12. The third-order valence-corrected chi connectivity index (χ3v) is 4.08. The van der Waals surface area contributed by atoms with E-state index in [1.165, 1.54) is 19.2 Å². The molecule has 0 saturated carbocycles. The molecule has 136 valence electrons. The van der Waals surface area contributed by atoms with Crippen molar-refractivity contribution in [3.8, 4) is 17.2 Å². The number of rotatable bonds is 5. The molecule has 1 aliphatic rings. The average molecular weight is 356 g/mol. The molecule has 6 nitrogen and oxygen atoms in total. The van der Waals surface area contributed by atoms with Crippen molar-refractivity contribution in [1.29, 1.82) is 0 Å². The van der Waals surface area contributed by atoms with Crippen LogP contribution in [0.2, 0.25) is 0 Å². The Bertz CT molecular complexity index is 838. The molecule has 0 radical (unpaired) electrons. The molecule has 0 aromatic heterocycles. The molecule has 2 aromatic carbocycles. The maximum atomic E-state index is 12.3. The summed E-state index contributed by atoms with van der Waals surface area (Å²) in [7, 11) is 1.48. The fraction of sp³-hybridized carbons (Fsp3) is 0.300. The summed E-state index contributed by atoms with van der Waals surface area (Å²) < 4.78 is 21.4. The Morgan fingerprint density at radius 1 is 1.08 bits per heavy atom. The minimum absolute atomic E-state index is 0.236. The first-order chi connectivity index (χ1) is 12.5. The Balaban J connectivity index is 1.73. The van der Waals surface area contributed by atoms with E-state index in [9.17, 15) is 9.59 Å². The first kappa shape index (κ1) is 17.8. The van der Waals surface area contributed by atoms with E-state index < -0.39 is 5.97 Å². The van der Waals surface area contributed by atoms with E-state index in [2.05, 4.69) is 0 Å². The lowest BCUT2D eigenvalue weighted by molar-refractivity contribution is 0.0473. The zero-order valence-corrected chi connectivity index (χ0v) is 15.0. The number of hydrogen-bond donors (Lipinski definition) is 0. The number of fused-ring (bicyclic) bond motifs is 1. The van der Waals surface area contributed by atoms with Crippen molar-refractivity contribution >= 4 is 11.8 Å². The molecule has 0 N–H and O–H groups in total. The normalized spacial score (nSPS) is 12.4. The van der Waals surface area contributed by atoms with Gasteiger partial charge in [-0.25, -0.2) is 4.79 Å². The van der Waals surface area contributed by atoms with Gasteiger partial charge in [0, 0.05) is 5.56 Å². The number of benzene rings is 2. The number of methoxy groups -OCH3 is 1. The Kier molecular flexibility index (Phi) is 5.11. The van der Waals surface area contributed by atoms with E-state index in [0.717, 1.165) is 11.1 Å². The molecule has 0 saturated heterocycles. The largest absolute Gasteiger partial charge is 0.493 e. The van der Waals surface area contributed by atoms with Crippen molar-refractivity contribution in [2.45, 2.75) is 13.8 Å². The molecule has 2 aromatic rings. The summed E-state index contributed by atoms with van der Waals surface area (Å²) in [6.45, 7) is 4.28. The summed E-state index contributed by atoms with van der Waals surface area (Å²) in [5.41, 5.74) is 2.70. The van der Waals surface area contributed by atoms with Crippen LogP contribution in [0, 0.1) is 13.8 Å². The molecule has 0 amide bonds. The number of esters is 1. The van der Waals surface area contributed by atoms with E-state index in [1.54, 1.807) is 6.07 Å². The van der Waals surface area contributed by atoms with Crippen LogP contribution < -0.4 is 14.2 Å². The molecule has 0 unspecified atom stereocenters. The molecule has 0 aliphatic carbocycles. The van der Waals surface area contributed by atoms with E-state index in [4.69, 9.17) is 18.9 Å². The van der Waals surface area contributed by atoms with E-state index in [-0.39, 0.29) is 18.0 Å². The van der Waals surface area contributed by atoms with Crippen LogP contribution in [-0.4, -0.2) is 38.7 Å². The molecule has 0 bridgehead atoms. The van der Waals surface area contributed by atoms with Gasteiger partial charge in [0.1, 0.15) is 13.2 Å². The molecular weight excluding hydrogens is 336 g/mol. The second kappa shape index (κ2) is 7.47. The van der Waals surface area contributed by atoms with Crippen LogP contribution in [-0.2, 0) is 4.74 Å². The van der Waals surface area contributed by atoms with Crippen molar-refractivity contribution in [2.75, 3.05) is 26.9 Å². The predicted molar refractivity (Wildman–Crippen MR) is 94.5 cm³/mol. The van der Waals surface area contributed by atoms with Crippen LogP contribution in [0.5, 0.6) is 17.2 Å². The zero-order chi connectivity index (χ0) is 18.7. The van der Waals surface area contributed by atoms with Gasteiger partial charge in [0.2, 0.25) is 11.5 Å². The smallest absolute Gasteiger partial charge is 0.338 e. The van der Waals surface area contributed by atoms with Crippen molar-refractivity contribution in [3.05, 3.63) is 52.6 Å². The van der Waals surface area contributed by atoms with Crippen LogP contribution in [0.25, 0.3) is 0 Å². The highest BCUT2D eigenvalue weighted by molar-refractivity contribution is 6.00. The maximum Gasteiger partial charge on any atom is 0.338 e. The SMILES string of the molecule is COc1cc(C(=O)OCC(=O)c2ccc(C)cc2C)cc2c1OCCO2. The minimum atomic E-state index is -0.626. The van der Waals surface area contributed by atoms with Crippen LogP contribution in [0.4, 0.5) is 0 Å². The third kappa shape index (κ3) is 3.64. The standard InChI is InChI=1S/C20H20O6/c1-12-4-5-15(13(2)8-12)16(21)11-26-20(22)14-9-17(23-3)19-18(10-14)24-6-7-25-19/h4-5,8-10H,6-7,11H2,1-3H3. The summed E-state index contributed by atoms with van der Waals surface area (Å²) in [5.74, 6) is 0.388. The van der Waals surface area contributed by atoms with E-state index >= 15 is 0 Å². The summed E-state index contributed by atoms with van der Waals surface area (Å²) in [6.07, 6.45) is 0.